The van der Waals surface area contributed by atoms with Gasteiger partial charge in [0.05, 0.1) is 20.3 Å². The molecule has 28 heavy (non-hydrogen) atoms. The number of ether oxygens (including phenoxy) is 3. The van der Waals surface area contributed by atoms with Crippen LogP contribution < -0.4 is 14.8 Å². The third-order valence-electron chi connectivity index (χ3n) is 4.44. The fourth-order valence-electron chi connectivity index (χ4n) is 2.98. The maximum atomic E-state index is 13.0. The molecule has 0 saturated carbocycles. The molecule has 1 saturated heterocycles. The van der Waals surface area contributed by atoms with E-state index in [1.165, 1.54) is 7.11 Å². The van der Waals surface area contributed by atoms with E-state index in [0.717, 1.165) is 5.56 Å². The summed E-state index contributed by atoms with van der Waals surface area (Å²) < 4.78 is 16.1. The normalized spacial score (nSPS) is 14.8. The van der Waals surface area contributed by atoms with E-state index < -0.39 is 6.04 Å². The Hall–Kier alpha value is -3.06. The number of para-hydroxylation sites is 2. The lowest BCUT2D eigenvalue weighted by Crippen LogP contribution is -2.48. The molecule has 1 heterocycles. The maximum Gasteiger partial charge on any atom is 0.258 e. The van der Waals surface area contributed by atoms with Crippen LogP contribution in [0, 0.1) is 0 Å². The van der Waals surface area contributed by atoms with E-state index in [1.54, 1.807) is 23.1 Å². The highest BCUT2D eigenvalue weighted by atomic mass is 16.5. The lowest BCUT2D eigenvalue weighted by Gasteiger charge is -2.31. The van der Waals surface area contributed by atoms with E-state index in [-0.39, 0.29) is 18.4 Å². The molecule has 0 radical (unpaired) electrons. The quantitative estimate of drug-likeness (QED) is 0.788. The Morgan fingerprint density at radius 1 is 1.04 bits per heavy atom. The second-order valence-electron chi connectivity index (χ2n) is 6.29. The Balaban J connectivity index is 1.68. The molecule has 0 aliphatic carbocycles. The summed E-state index contributed by atoms with van der Waals surface area (Å²) in [7, 11) is 1.54. The van der Waals surface area contributed by atoms with Crippen molar-refractivity contribution >= 4 is 11.8 Å². The number of nitrogens with one attached hydrogen (secondary N) is 1. The summed E-state index contributed by atoms with van der Waals surface area (Å²) in [6.45, 7) is 1.79. The Morgan fingerprint density at radius 2 is 1.68 bits per heavy atom. The molecule has 2 amide bonds. The first-order chi connectivity index (χ1) is 13.7. The van der Waals surface area contributed by atoms with Gasteiger partial charge in [-0.25, -0.2) is 0 Å². The highest BCUT2D eigenvalue weighted by molar-refractivity contribution is 5.89. The molecule has 2 aromatic carbocycles. The molecular formula is C21H24N2O5. The van der Waals surface area contributed by atoms with Gasteiger partial charge in [0.25, 0.3) is 5.91 Å². The summed E-state index contributed by atoms with van der Waals surface area (Å²) in [4.78, 5) is 27.2. The average Bonchev–Trinajstić information content (AvgIpc) is 2.77. The molecule has 1 fully saturated rings. The van der Waals surface area contributed by atoms with Crippen molar-refractivity contribution < 1.29 is 23.8 Å². The van der Waals surface area contributed by atoms with E-state index in [0.29, 0.717) is 37.8 Å². The van der Waals surface area contributed by atoms with Crippen LogP contribution in [-0.2, 0) is 14.3 Å². The van der Waals surface area contributed by atoms with Crippen LogP contribution in [0.15, 0.2) is 54.6 Å². The molecule has 1 aliphatic heterocycles. The highest BCUT2D eigenvalue weighted by Crippen LogP contribution is 2.25. The van der Waals surface area contributed by atoms with Crippen molar-refractivity contribution in [2.24, 2.45) is 0 Å². The molecule has 0 spiro atoms. The number of benzene rings is 2. The van der Waals surface area contributed by atoms with Crippen LogP contribution >= 0.6 is 0 Å². The number of hydrogen-bond acceptors (Lipinski definition) is 5. The van der Waals surface area contributed by atoms with Crippen LogP contribution in [0.3, 0.4) is 0 Å². The number of morpholine rings is 1. The van der Waals surface area contributed by atoms with Crippen molar-refractivity contribution in [2.45, 2.75) is 6.04 Å². The van der Waals surface area contributed by atoms with Crippen LogP contribution in [0.25, 0.3) is 0 Å². The summed E-state index contributed by atoms with van der Waals surface area (Å²) >= 11 is 0. The van der Waals surface area contributed by atoms with Gasteiger partial charge >= 0.3 is 0 Å². The number of hydrogen-bond donors (Lipinski definition) is 1. The van der Waals surface area contributed by atoms with Crippen molar-refractivity contribution in [1.29, 1.82) is 0 Å². The second-order valence-corrected chi connectivity index (χ2v) is 6.29. The van der Waals surface area contributed by atoms with Crippen LogP contribution in [0.5, 0.6) is 11.5 Å². The lowest BCUT2D eigenvalue weighted by atomic mass is 10.1. The van der Waals surface area contributed by atoms with Crippen molar-refractivity contribution in [3.8, 4) is 11.5 Å². The van der Waals surface area contributed by atoms with Gasteiger partial charge < -0.3 is 24.4 Å². The third kappa shape index (κ3) is 5.01. The number of nitrogens with zero attached hydrogens (tertiary/aromatic N) is 1. The molecule has 2 aromatic rings. The zero-order chi connectivity index (χ0) is 19.8. The van der Waals surface area contributed by atoms with Gasteiger partial charge in [0.2, 0.25) is 5.91 Å². The largest absolute Gasteiger partial charge is 0.493 e. The molecule has 1 atom stereocenters. The fraction of sp³-hybridized carbons (Fsp3) is 0.333. The number of carbonyl (C=O) groups excluding carboxylic acids is 2. The Labute approximate surface area is 164 Å². The zero-order valence-corrected chi connectivity index (χ0v) is 15.8. The van der Waals surface area contributed by atoms with Gasteiger partial charge in [-0.15, -0.1) is 0 Å². The summed E-state index contributed by atoms with van der Waals surface area (Å²) in [6, 6.07) is 15.5. The first-order valence-corrected chi connectivity index (χ1v) is 9.15. The van der Waals surface area contributed by atoms with Crippen LogP contribution in [0.4, 0.5) is 0 Å². The van der Waals surface area contributed by atoms with Gasteiger partial charge in [-0.3, -0.25) is 9.59 Å². The first-order valence-electron chi connectivity index (χ1n) is 9.15. The van der Waals surface area contributed by atoms with Crippen LogP contribution in [-0.4, -0.2) is 56.7 Å². The zero-order valence-electron chi connectivity index (χ0n) is 15.8. The number of amides is 2. The Morgan fingerprint density at radius 3 is 2.36 bits per heavy atom. The van der Waals surface area contributed by atoms with Crippen molar-refractivity contribution in [1.82, 2.24) is 10.2 Å². The smallest absolute Gasteiger partial charge is 0.258 e. The van der Waals surface area contributed by atoms with Crippen LogP contribution in [0.1, 0.15) is 11.6 Å². The monoisotopic (exact) mass is 384 g/mol. The number of methoxy groups -OCH3 is 1. The molecule has 7 heteroatoms. The molecule has 0 bridgehead atoms. The molecule has 1 N–H and O–H groups in total. The van der Waals surface area contributed by atoms with Crippen molar-refractivity contribution in [3.63, 3.8) is 0 Å². The molecule has 0 aromatic heterocycles. The molecule has 1 aliphatic rings. The minimum absolute atomic E-state index is 0.153. The van der Waals surface area contributed by atoms with Gasteiger partial charge in [0.15, 0.2) is 18.1 Å². The number of carbonyl (C=O) groups is 2. The molecule has 148 valence electrons. The van der Waals surface area contributed by atoms with E-state index in [4.69, 9.17) is 14.2 Å². The van der Waals surface area contributed by atoms with Crippen LogP contribution in [0.2, 0.25) is 0 Å². The average molecular weight is 384 g/mol. The Bertz CT molecular complexity index is 790. The standard InChI is InChI=1S/C21H24N2O5/c1-26-17-9-5-6-10-18(17)28-15-19(24)22-20(16-7-3-2-4-8-16)21(25)23-11-13-27-14-12-23/h2-10,20H,11-15H2,1H3,(H,22,24)/t20-/m0/s1. The van der Waals surface area contributed by atoms with Gasteiger partial charge in [-0.05, 0) is 17.7 Å². The molecular weight excluding hydrogens is 360 g/mol. The van der Waals surface area contributed by atoms with Gasteiger partial charge in [-0.1, -0.05) is 42.5 Å². The summed E-state index contributed by atoms with van der Waals surface area (Å²) in [5.41, 5.74) is 0.727. The minimum Gasteiger partial charge on any atom is -0.493 e. The van der Waals surface area contributed by atoms with Gasteiger partial charge in [0.1, 0.15) is 6.04 Å². The SMILES string of the molecule is COc1ccccc1OCC(=O)N[C@H](C(=O)N1CCOCC1)c1ccccc1. The van der Waals surface area contributed by atoms with E-state index in [2.05, 4.69) is 5.32 Å². The molecule has 7 nitrogen and oxygen atoms in total. The van der Waals surface area contributed by atoms with Gasteiger partial charge in [0, 0.05) is 13.1 Å². The van der Waals surface area contributed by atoms with E-state index in [1.807, 2.05) is 36.4 Å². The highest BCUT2D eigenvalue weighted by Gasteiger charge is 2.28. The molecule has 0 unspecified atom stereocenters. The second kappa shape index (κ2) is 9.75. The Kier molecular flexibility index (Phi) is 6.86. The predicted molar refractivity (Wildman–Crippen MR) is 103 cm³/mol. The lowest BCUT2D eigenvalue weighted by molar-refractivity contribution is -0.140. The van der Waals surface area contributed by atoms with Gasteiger partial charge in [-0.2, -0.15) is 0 Å². The van der Waals surface area contributed by atoms with Crippen molar-refractivity contribution in [2.75, 3.05) is 40.0 Å². The first kappa shape index (κ1) is 19.7. The van der Waals surface area contributed by atoms with E-state index in [9.17, 15) is 9.59 Å². The summed E-state index contributed by atoms with van der Waals surface area (Å²) in [6.07, 6.45) is 0. The fourth-order valence-corrected chi connectivity index (χ4v) is 2.98. The summed E-state index contributed by atoms with van der Waals surface area (Å²) in [5.74, 6) is 0.469. The maximum absolute atomic E-state index is 13.0. The minimum atomic E-state index is -0.770. The third-order valence-corrected chi connectivity index (χ3v) is 4.44. The predicted octanol–water partition coefficient (Wildman–Crippen LogP) is 1.79. The summed E-state index contributed by atoms with van der Waals surface area (Å²) in [5, 5.41) is 2.80. The topological polar surface area (TPSA) is 77.1 Å². The number of rotatable bonds is 7. The van der Waals surface area contributed by atoms with Crippen molar-refractivity contribution in [3.05, 3.63) is 60.2 Å². The van der Waals surface area contributed by atoms with E-state index >= 15 is 0 Å². The molecule has 3 rings (SSSR count).